The molecule has 1 heterocycles. The van der Waals surface area contributed by atoms with Crippen molar-refractivity contribution in [2.75, 3.05) is 17.9 Å². The summed E-state index contributed by atoms with van der Waals surface area (Å²) in [4.78, 5) is 16.0. The predicted molar refractivity (Wildman–Crippen MR) is 73.0 cm³/mol. The van der Waals surface area contributed by atoms with E-state index in [1.54, 1.807) is 43.6 Å². The van der Waals surface area contributed by atoms with Crippen LogP contribution in [0.1, 0.15) is 10.4 Å². The number of anilines is 2. The molecule has 0 aliphatic carbocycles. The zero-order valence-electron chi connectivity index (χ0n) is 10.4. The molecular formula is C13H14N4O2. The minimum Gasteiger partial charge on any atom is -0.497 e. The molecule has 6 heteroatoms. The summed E-state index contributed by atoms with van der Waals surface area (Å²) in [6, 6.07) is 8.66. The molecule has 1 aromatic carbocycles. The number of nitrogens with one attached hydrogen (secondary N) is 2. The Labute approximate surface area is 110 Å². The number of carbonyl (C=O) groups is 1. The van der Waals surface area contributed by atoms with Gasteiger partial charge in [-0.25, -0.2) is 0 Å². The van der Waals surface area contributed by atoms with E-state index >= 15 is 0 Å². The normalized spacial score (nSPS) is 9.79. The minimum absolute atomic E-state index is 0.286. The van der Waals surface area contributed by atoms with Gasteiger partial charge in [-0.3, -0.25) is 15.6 Å². The third-order valence-electron chi connectivity index (χ3n) is 2.57. The van der Waals surface area contributed by atoms with E-state index in [0.29, 0.717) is 16.9 Å². The maximum atomic E-state index is 12.1. The molecule has 0 atom stereocenters. The summed E-state index contributed by atoms with van der Waals surface area (Å²) in [6.45, 7) is 0. The highest BCUT2D eigenvalue weighted by molar-refractivity contribution is 6.07. The van der Waals surface area contributed by atoms with E-state index in [4.69, 9.17) is 10.6 Å². The SMILES string of the molecule is COc1ccc(NC(=O)c2cnccc2NN)cc1. The predicted octanol–water partition coefficient (Wildman–Crippen LogP) is 1.63. The number of nitrogens with two attached hydrogens (primary N) is 1. The Kier molecular flexibility index (Phi) is 3.94. The van der Waals surface area contributed by atoms with Crippen molar-refractivity contribution in [1.29, 1.82) is 0 Å². The number of hydrogen-bond acceptors (Lipinski definition) is 5. The Morgan fingerprint density at radius 2 is 2.00 bits per heavy atom. The van der Waals surface area contributed by atoms with E-state index in [-0.39, 0.29) is 5.91 Å². The summed E-state index contributed by atoms with van der Waals surface area (Å²) < 4.78 is 5.05. The summed E-state index contributed by atoms with van der Waals surface area (Å²) in [7, 11) is 1.59. The van der Waals surface area contributed by atoms with Gasteiger partial charge in [0.25, 0.3) is 5.91 Å². The molecule has 0 bridgehead atoms. The molecular weight excluding hydrogens is 244 g/mol. The van der Waals surface area contributed by atoms with Gasteiger partial charge in [0.15, 0.2) is 0 Å². The van der Waals surface area contributed by atoms with Crippen LogP contribution in [0, 0.1) is 0 Å². The van der Waals surface area contributed by atoms with Gasteiger partial charge in [0.05, 0.1) is 18.4 Å². The number of carbonyl (C=O) groups excluding carboxylic acids is 1. The lowest BCUT2D eigenvalue weighted by Gasteiger charge is -2.09. The van der Waals surface area contributed by atoms with Crippen LogP contribution in [0.25, 0.3) is 0 Å². The number of rotatable bonds is 4. The van der Waals surface area contributed by atoms with Crippen LogP contribution >= 0.6 is 0 Å². The fraction of sp³-hybridized carbons (Fsp3) is 0.0769. The van der Waals surface area contributed by atoms with E-state index in [1.807, 2.05) is 0 Å². The second kappa shape index (κ2) is 5.83. The van der Waals surface area contributed by atoms with Crippen LogP contribution in [0.15, 0.2) is 42.7 Å². The lowest BCUT2D eigenvalue weighted by Crippen LogP contribution is -2.17. The smallest absolute Gasteiger partial charge is 0.259 e. The maximum absolute atomic E-state index is 12.1. The number of nitrogens with zero attached hydrogens (tertiary/aromatic N) is 1. The van der Waals surface area contributed by atoms with Crippen molar-refractivity contribution >= 4 is 17.3 Å². The molecule has 0 saturated heterocycles. The van der Waals surface area contributed by atoms with Gasteiger partial charge in [-0.2, -0.15) is 0 Å². The van der Waals surface area contributed by atoms with Crippen LogP contribution in [0.3, 0.4) is 0 Å². The highest BCUT2D eigenvalue weighted by Crippen LogP contribution is 2.18. The van der Waals surface area contributed by atoms with Gasteiger partial charge < -0.3 is 15.5 Å². The van der Waals surface area contributed by atoms with E-state index in [1.165, 1.54) is 6.20 Å². The van der Waals surface area contributed by atoms with Crippen LogP contribution in [0.5, 0.6) is 5.75 Å². The van der Waals surface area contributed by atoms with Gasteiger partial charge >= 0.3 is 0 Å². The first-order valence-electron chi connectivity index (χ1n) is 5.60. The monoisotopic (exact) mass is 258 g/mol. The van der Waals surface area contributed by atoms with Crippen LogP contribution in [0.4, 0.5) is 11.4 Å². The van der Waals surface area contributed by atoms with Crippen LogP contribution in [-0.2, 0) is 0 Å². The Hall–Kier alpha value is -2.60. The van der Waals surface area contributed by atoms with Crippen molar-refractivity contribution < 1.29 is 9.53 Å². The second-order valence-corrected chi connectivity index (χ2v) is 3.75. The van der Waals surface area contributed by atoms with Gasteiger partial charge in [0.1, 0.15) is 5.75 Å². The molecule has 2 aromatic rings. The molecule has 98 valence electrons. The average Bonchev–Trinajstić information content (AvgIpc) is 2.48. The first-order chi connectivity index (χ1) is 9.24. The summed E-state index contributed by atoms with van der Waals surface area (Å²) in [5.41, 5.74) is 4.01. The minimum atomic E-state index is -0.286. The fourth-order valence-corrected chi connectivity index (χ4v) is 1.57. The Morgan fingerprint density at radius 1 is 1.26 bits per heavy atom. The molecule has 19 heavy (non-hydrogen) atoms. The van der Waals surface area contributed by atoms with Crippen LogP contribution in [0.2, 0.25) is 0 Å². The van der Waals surface area contributed by atoms with Crippen LogP contribution < -0.4 is 21.3 Å². The maximum Gasteiger partial charge on any atom is 0.259 e. The number of benzene rings is 1. The standard InChI is InChI=1S/C13H14N4O2/c1-19-10-4-2-9(3-5-10)16-13(18)11-8-15-7-6-12(11)17-14/h2-8H,14H2,1H3,(H,15,17)(H,16,18). The molecule has 1 aromatic heterocycles. The highest BCUT2D eigenvalue weighted by atomic mass is 16.5. The van der Waals surface area contributed by atoms with Crippen molar-refractivity contribution in [2.45, 2.75) is 0 Å². The molecule has 0 fully saturated rings. The fourth-order valence-electron chi connectivity index (χ4n) is 1.57. The molecule has 0 spiro atoms. The third-order valence-corrected chi connectivity index (χ3v) is 2.57. The van der Waals surface area contributed by atoms with Gasteiger partial charge in [-0.05, 0) is 30.3 Å². The number of nitrogen functional groups attached to an aromatic ring is 1. The number of pyridine rings is 1. The number of aromatic nitrogens is 1. The van der Waals surface area contributed by atoms with Gasteiger partial charge in [-0.1, -0.05) is 0 Å². The topological polar surface area (TPSA) is 89.3 Å². The van der Waals surface area contributed by atoms with E-state index < -0.39 is 0 Å². The number of ether oxygens (including phenoxy) is 1. The highest BCUT2D eigenvalue weighted by Gasteiger charge is 2.11. The number of methoxy groups -OCH3 is 1. The quantitative estimate of drug-likeness (QED) is 0.573. The molecule has 0 saturated carbocycles. The van der Waals surface area contributed by atoms with E-state index in [9.17, 15) is 4.79 Å². The zero-order valence-corrected chi connectivity index (χ0v) is 10.4. The molecule has 4 N–H and O–H groups in total. The Balaban J connectivity index is 2.16. The van der Waals surface area contributed by atoms with Crippen molar-refractivity contribution in [3.8, 4) is 5.75 Å². The van der Waals surface area contributed by atoms with Gasteiger partial charge in [0, 0.05) is 18.1 Å². The molecule has 0 aliphatic rings. The molecule has 0 unspecified atom stereocenters. The Morgan fingerprint density at radius 3 is 2.63 bits per heavy atom. The lowest BCUT2D eigenvalue weighted by molar-refractivity contribution is 0.102. The number of amides is 1. The second-order valence-electron chi connectivity index (χ2n) is 3.75. The molecule has 0 aliphatic heterocycles. The van der Waals surface area contributed by atoms with E-state index in [0.717, 1.165) is 5.75 Å². The summed E-state index contributed by atoms with van der Waals surface area (Å²) in [6.07, 6.45) is 3.01. The van der Waals surface area contributed by atoms with Crippen molar-refractivity contribution in [1.82, 2.24) is 4.98 Å². The summed E-state index contributed by atoms with van der Waals surface area (Å²) >= 11 is 0. The van der Waals surface area contributed by atoms with Gasteiger partial charge in [-0.15, -0.1) is 0 Å². The molecule has 1 amide bonds. The summed E-state index contributed by atoms with van der Waals surface area (Å²) in [5.74, 6) is 5.79. The van der Waals surface area contributed by atoms with Crippen molar-refractivity contribution in [3.05, 3.63) is 48.3 Å². The van der Waals surface area contributed by atoms with Crippen LogP contribution in [-0.4, -0.2) is 18.0 Å². The Bertz CT molecular complexity index is 569. The van der Waals surface area contributed by atoms with Crippen molar-refractivity contribution in [3.63, 3.8) is 0 Å². The lowest BCUT2D eigenvalue weighted by atomic mass is 10.2. The molecule has 0 radical (unpaired) electrons. The largest absolute Gasteiger partial charge is 0.497 e. The third kappa shape index (κ3) is 2.99. The van der Waals surface area contributed by atoms with E-state index in [2.05, 4.69) is 15.7 Å². The first kappa shape index (κ1) is 12.8. The number of hydrogen-bond donors (Lipinski definition) is 3. The average molecular weight is 258 g/mol. The number of hydrazine groups is 1. The van der Waals surface area contributed by atoms with Gasteiger partial charge in [0.2, 0.25) is 0 Å². The first-order valence-corrected chi connectivity index (χ1v) is 5.60. The zero-order chi connectivity index (χ0) is 13.7. The molecule has 2 rings (SSSR count). The van der Waals surface area contributed by atoms with Crippen molar-refractivity contribution in [2.24, 2.45) is 5.84 Å². The summed E-state index contributed by atoms with van der Waals surface area (Å²) in [5, 5.41) is 2.75. The molecule has 6 nitrogen and oxygen atoms in total.